The summed E-state index contributed by atoms with van der Waals surface area (Å²) < 4.78 is 0. The molecule has 0 N–H and O–H groups in total. The fourth-order valence-electron chi connectivity index (χ4n) is 1.79. The van der Waals surface area contributed by atoms with Crippen molar-refractivity contribution >= 4 is 6.41 Å². The molecule has 0 saturated heterocycles. The van der Waals surface area contributed by atoms with Crippen molar-refractivity contribution in [3.05, 3.63) is 48.6 Å². The molecule has 1 amide bonds. The fraction of sp³-hybridized carbons (Fsp3) is 0.400. The lowest BCUT2D eigenvalue weighted by Crippen LogP contribution is -2.29. The monoisotopic (exact) mass is 231 g/mol. The summed E-state index contributed by atoms with van der Waals surface area (Å²) in [6.45, 7) is 9.54. The normalized spacial score (nSPS) is 12.2. The van der Waals surface area contributed by atoms with Crippen LogP contribution in [0.15, 0.2) is 43.0 Å². The number of rotatable bonds is 7. The molecule has 0 fully saturated rings. The van der Waals surface area contributed by atoms with Crippen LogP contribution in [0.3, 0.4) is 0 Å². The zero-order valence-electron chi connectivity index (χ0n) is 10.7. The van der Waals surface area contributed by atoms with E-state index in [1.54, 1.807) is 0 Å². The smallest absolute Gasteiger partial charge is 0.210 e. The maximum absolute atomic E-state index is 11.1. The van der Waals surface area contributed by atoms with Crippen molar-refractivity contribution in [3.8, 4) is 0 Å². The predicted octanol–water partition coefficient (Wildman–Crippen LogP) is 3.10. The van der Waals surface area contributed by atoms with Gasteiger partial charge in [0.15, 0.2) is 0 Å². The van der Waals surface area contributed by atoms with Crippen LogP contribution in [0.4, 0.5) is 0 Å². The van der Waals surface area contributed by atoms with Gasteiger partial charge in [-0.25, -0.2) is 0 Å². The summed E-state index contributed by atoms with van der Waals surface area (Å²) in [5.41, 5.74) is 1.16. The average molecular weight is 231 g/mol. The van der Waals surface area contributed by atoms with E-state index in [0.717, 1.165) is 18.5 Å². The second-order valence-electron chi connectivity index (χ2n) is 4.66. The van der Waals surface area contributed by atoms with Crippen LogP contribution in [-0.2, 0) is 11.3 Å². The Bertz CT molecular complexity index is 345. The van der Waals surface area contributed by atoms with Gasteiger partial charge in [-0.1, -0.05) is 50.3 Å². The quantitative estimate of drug-likeness (QED) is 0.521. The van der Waals surface area contributed by atoms with E-state index in [2.05, 4.69) is 20.4 Å². The summed E-state index contributed by atoms with van der Waals surface area (Å²) in [6, 6.07) is 10.0. The second-order valence-corrected chi connectivity index (χ2v) is 4.66. The van der Waals surface area contributed by atoms with E-state index >= 15 is 0 Å². The van der Waals surface area contributed by atoms with E-state index in [4.69, 9.17) is 0 Å². The van der Waals surface area contributed by atoms with E-state index in [0.29, 0.717) is 18.4 Å². The molecule has 0 radical (unpaired) electrons. The van der Waals surface area contributed by atoms with E-state index in [9.17, 15) is 4.79 Å². The molecule has 0 aliphatic heterocycles. The molecule has 0 aromatic heterocycles. The summed E-state index contributed by atoms with van der Waals surface area (Å²) in [6.07, 6.45) is 2.86. The molecule has 1 unspecified atom stereocenters. The van der Waals surface area contributed by atoms with Crippen LogP contribution in [0.1, 0.15) is 19.4 Å². The number of benzene rings is 1. The van der Waals surface area contributed by atoms with Crippen LogP contribution in [0.2, 0.25) is 0 Å². The van der Waals surface area contributed by atoms with Gasteiger partial charge in [-0.05, 0) is 17.4 Å². The van der Waals surface area contributed by atoms with Crippen LogP contribution in [0.5, 0.6) is 0 Å². The minimum absolute atomic E-state index is 0.351. The second kappa shape index (κ2) is 6.89. The van der Waals surface area contributed by atoms with Crippen LogP contribution in [-0.4, -0.2) is 17.9 Å². The highest BCUT2D eigenvalue weighted by atomic mass is 16.1. The molecule has 92 valence electrons. The lowest BCUT2D eigenvalue weighted by atomic mass is 9.95. The minimum Gasteiger partial charge on any atom is -0.340 e. The Labute approximate surface area is 104 Å². The zero-order chi connectivity index (χ0) is 12.7. The van der Waals surface area contributed by atoms with Gasteiger partial charge < -0.3 is 4.90 Å². The average Bonchev–Trinajstić information content (AvgIpc) is 2.35. The first-order valence-corrected chi connectivity index (χ1v) is 6.03. The molecule has 0 saturated carbocycles. The molecule has 17 heavy (non-hydrogen) atoms. The molecule has 1 aromatic carbocycles. The summed E-state index contributed by atoms with van der Waals surface area (Å²) in [5, 5.41) is 0. The van der Waals surface area contributed by atoms with Crippen LogP contribution in [0.25, 0.3) is 0 Å². The van der Waals surface area contributed by atoms with Crippen molar-refractivity contribution in [2.24, 2.45) is 11.8 Å². The largest absolute Gasteiger partial charge is 0.340 e. The van der Waals surface area contributed by atoms with Crippen molar-refractivity contribution in [3.63, 3.8) is 0 Å². The Morgan fingerprint density at radius 1 is 1.29 bits per heavy atom. The van der Waals surface area contributed by atoms with Gasteiger partial charge in [-0.15, -0.1) is 6.58 Å². The Morgan fingerprint density at radius 3 is 2.41 bits per heavy atom. The van der Waals surface area contributed by atoms with Crippen molar-refractivity contribution in [2.45, 2.75) is 20.4 Å². The highest BCUT2D eigenvalue weighted by molar-refractivity contribution is 5.47. The molecular formula is C15H21NO. The zero-order valence-corrected chi connectivity index (χ0v) is 10.7. The third-order valence-corrected chi connectivity index (χ3v) is 2.98. The van der Waals surface area contributed by atoms with Crippen molar-refractivity contribution in [2.75, 3.05) is 6.54 Å². The van der Waals surface area contributed by atoms with Crippen LogP contribution in [0, 0.1) is 11.8 Å². The molecule has 2 nitrogen and oxygen atoms in total. The van der Waals surface area contributed by atoms with Gasteiger partial charge in [0.2, 0.25) is 6.41 Å². The fourth-order valence-corrected chi connectivity index (χ4v) is 1.79. The molecular weight excluding hydrogens is 210 g/mol. The summed E-state index contributed by atoms with van der Waals surface area (Å²) in [4.78, 5) is 12.9. The molecule has 2 heteroatoms. The lowest BCUT2D eigenvalue weighted by molar-refractivity contribution is -0.119. The van der Waals surface area contributed by atoms with E-state index in [1.165, 1.54) is 0 Å². The summed E-state index contributed by atoms with van der Waals surface area (Å²) in [7, 11) is 0. The molecule has 0 aliphatic carbocycles. The van der Waals surface area contributed by atoms with Crippen LogP contribution >= 0.6 is 0 Å². The number of carbonyl (C=O) groups is 1. The molecule has 1 rings (SSSR count). The number of hydrogen-bond acceptors (Lipinski definition) is 1. The highest BCUT2D eigenvalue weighted by Gasteiger charge is 2.13. The number of amides is 1. The maximum atomic E-state index is 11.1. The van der Waals surface area contributed by atoms with Gasteiger partial charge in [-0.2, -0.15) is 0 Å². The van der Waals surface area contributed by atoms with E-state index < -0.39 is 0 Å². The molecule has 1 aromatic rings. The third-order valence-electron chi connectivity index (χ3n) is 2.98. The van der Waals surface area contributed by atoms with Crippen LogP contribution < -0.4 is 0 Å². The predicted molar refractivity (Wildman–Crippen MR) is 71.4 cm³/mol. The lowest BCUT2D eigenvalue weighted by Gasteiger charge is -2.24. The maximum Gasteiger partial charge on any atom is 0.210 e. The topological polar surface area (TPSA) is 20.3 Å². The Hall–Kier alpha value is -1.57. The van der Waals surface area contributed by atoms with Gasteiger partial charge in [0.25, 0.3) is 0 Å². The molecule has 1 atom stereocenters. The van der Waals surface area contributed by atoms with Crippen molar-refractivity contribution in [1.82, 2.24) is 4.90 Å². The van der Waals surface area contributed by atoms with Gasteiger partial charge >= 0.3 is 0 Å². The van der Waals surface area contributed by atoms with E-state index in [1.807, 2.05) is 41.3 Å². The molecule has 0 heterocycles. The van der Waals surface area contributed by atoms with Gasteiger partial charge in [0, 0.05) is 13.1 Å². The first-order valence-electron chi connectivity index (χ1n) is 6.03. The molecule has 0 aliphatic rings. The summed E-state index contributed by atoms with van der Waals surface area (Å²) in [5.74, 6) is 0.856. The van der Waals surface area contributed by atoms with Gasteiger partial charge in [0.1, 0.15) is 0 Å². The number of hydrogen-bond donors (Lipinski definition) is 0. The third kappa shape index (κ3) is 4.43. The summed E-state index contributed by atoms with van der Waals surface area (Å²) >= 11 is 0. The number of nitrogens with zero attached hydrogens (tertiary/aromatic N) is 1. The SMILES string of the molecule is C=CC(CN(C=O)Cc1ccccc1)C(C)C. The van der Waals surface area contributed by atoms with Crippen molar-refractivity contribution in [1.29, 1.82) is 0 Å². The molecule has 0 bridgehead atoms. The number of carbonyl (C=O) groups excluding carboxylic acids is 1. The first-order chi connectivity index (χ1) is 8.17. The van der Waals surface area contributed by atoms with Gasteiger partial charge in [-0.3, -0.25) is 4.79 Å². The highest BCUT2D eigenvalue weighted by Crippen LogP contribution is 2.14. The minimum atomic E-state index is 0.351. The Balaban J connectivity index is 2.60. The standard InChI is InChI=1S/C15H21NO/c1-4-15(13(2)3)11-16(12-17)10-14-8-6-5-7-9-14/h4-9,12-13,15H,1,10-11H2,2-3H3. The Kier molecular flexibility index (Phi) is 5.47. The Morgan fingerprint density at radius 2 is 1.94 bits per heavy atom. The van der Waals surface area contributed by atoms with E-state index in [-0.39, 0.29) is 0 Å². The molecule has 0 spiro atoms. The van der Waals surface area contributed by atoms with Crippen molar-refractivity contribution < 1.29 is 4.79 Å². The first kappa shape index (κ1) is 13.5. The van der Waals surface area contributed by atoms with Gasteiger partial charge in [0.05, 0.1) is 0 Å².